The minimum absolute atomic E-state index is 0.525. The fourth-order valence-corrected chi connectivity index (χ4v) is 4.60. The molecule has 272 valence electrons. The molecule has 0 aliphatic rings. The van der Waals surface area contributed by atoms with Gasteiger partial charge in [-0.05, 0) is 34.6 Å². The van der Waals surface area contributed by atoms with E-state index in [1.165, 1.54) is 0 Å². The van der Waals surface area contributed by atoms with Gasteiger partial charge in [0.1, 0.15) is 24.9 Å². The molecule has 0 unspecified atom stereocenters. The molecule has 8 atom stereocenters. The Balaban J connectivity index is 0. The van der Waals surface area contributed by atoms with Crippen molar-refractivity contribution in [2.24, 2.45) is 0 Å². The summed E-state index contributed by atoms with van der Waals surface area (Å²) >= 11 is 0. The summed E-state index contributed by atoms with van der Waals surface area (Å²) in [6.45, 7) is 3.28. The molecule has 0 amide bonds. The monoisotopic (exact) mass is 696 g/mol. The SMILES string of the molecule is CC(=O)OC[C@@H](O)[C@@](O)(C(C)=O)[C@@](O)(C(C)=O)[C@@](O)(C=O)C(C)=O.CC(=O)O[C@@](C(C)=O)(C(=O)C(C)=O)[C@](O)(C(C)=O)[C@@H](O)[C@H](O)CO. The fourth-order valence-electron chi connectivity index (χ4n) is 4.60. The molecule has 0 aliphatic carbocycles. The van der Waals surface area contributed by atoms with Gasteiger partial charge in [0.05, 0.1) is 6.61 Å². The van der Waals surface area contributed by atoms with Crippen LogP contribution in [0.3, 0.4) is 0 Å². The molecular weight excluding hydrogens is 656 g/mol. The van der Waals surface area contributed by atoms with Gasteiger partial charge in [-0.2, -0.15) is 0 Å². The van der Waals surface area contributed by atoms with Gasteiger partial charge >= 0.3 is 11.9 Å². The normalized spacial score (nSPS) is 19.2. The van der Waals surface area contributed by atoms with E-state index in [0.717, 1.165) is 13.8 Å². The topological polar surface area (TPSA) is 351 Å². The molecule has 0 aromatic carbocycles. The lowest BCUT2D eigenvalue weighted by Crippen LogP contribution is -2.80. The van der Waals surface area contributed by atoms with Crippen LogP contribution in [0.5, 0.6) is 0 Å². The molecule has 20 nitrogen and oxygen atoms in total. The van der Waals surface area contributed by atoms with Crippen LogP contribution in [-0.4, -0.2) is 159 Å². The van der Waals surface area contributed by atoms with Gasteiger partial charge in [0, 0.05) is 20.8 Å². The summed E-state index contributed by atoms with van der Waals surface area (Å²) in [6.07, 6.45) is -7.76. The highest BCUT2D eigenvalue weighted by Crippen LogP contribution is 2.38. The smallest absolute Gasteiger partial charge is 0.304 e. The van der Waals surface area contributed by atoms with Gasteiger partial charge in [0.25, 0.3) is 11.4 Å². The minimum atomic E-state index is -3.72. The highest BCUT2D eigenvalue weighted by molar-refractivity contribution is 6.45. The number of ether oxygens (including phenoxy) is 2. The van der Waals surface area contributed by atoms with Crippen LogP contribution in [0.25, 0.3) is 0 Å². The number of hydrogen-bond acceptors (Lipinski definition) is 20. The maximum Gasteiger partial charge on any atom is 0.304 e. The molecule has 0 saturated carbocycles. The second kappa shape index (κ2) is 16.9. The molecule has 0 saturated heterocycles. The second-order valence-corrected chi connectivity index (χ2v) is 10.6. The van der Waals surface area contributed by atoms with Crippen molar-refractivity contribution in [1.29, 1.82) is 0 Å². The van der Waals surface area contributed by atoms with Crippen molar-refractivity contribution in [3.05, 3.63) is 0 Å². The third-order valence-electron chi connectivity index (χ3n) is 7.27. The largest absolute Gasteiger partial charge is 0.463 e. The van der Waals surface area contributed by atoms with Crippen LogP contribution in [0, 0.1) is 0 Å². The lowest BCUT2D eigenvalue weighted by molar-refractivity contribution is -0.244. The van der Waals surface area contributed by atoms with Gasteiger partial charge in [-0.25, -0.2) is 0 Å². The lowest BCUT2D eigenvalue weighted by Gasteiger charge is -2.47. The number of aliphatic hydroxyl groups is 8. The van der Waals surface area contributed by atoms with Crippen molar-refractivity contribution in [2.75, 3.05) is 13.2 Å². The van der Waals surface area contributed by atoms with Gasteiger partial charge in [-0.3, -0.25) is 47.9 Å². The quantitative estimate of drug-likeness (QED) is 0.0286. The molecular formula is C28H40O20. The molecule has 0 aliphatic heterocycles. The summed E-state index contributed by atoms with van der Waals surface area (Å²) in [5.41, 5.74) is -17.7. The van der Waals surface area contributed by atoms with Crippen molar-refractivity contribution in [2.45, 2.75) is 102 Å². The van der Waals surface area contributed by atoms with Crippen molar-refractivity contribution >= 4 is 58.7 Å². The number of carbonyl (C=O) groups is 10. The van der Waals surface area contributed by atoms with Crippen molar-refractivity contribution < 1.29 is 98.3 Å². The van der Waals surface area contributed by atoms with Gasteiger partial charge in [-0.15, -0.1) is 0 Å². The van der Waals surface area contributed by atoms with E-state index in [4.69, 9.17) is 5.11 Å². The number of esters is 2. The molecule has 0 aromatic rings. The number of carbonyl (C=O) groups excluding carboxylic acids is 10. The van der Waals surface area contributed by atoms with Crippen LogP contribution in [0.2, 0.25) is 0 Å². The van der Waals surface area contributed by atoms with E-state index in [9.17, 15) is 83.7 Å². The van der Waals surface area contributed by atoms with Crippen molar-refractivity contribution in [1.82, 2.24) is 0 Å². The Labute approximate surface area is 272 Å². The molecule has 0 heterocycles. The summed E-state index contributed by atoms with van der Waals surface area (Å²) in [7, 11) is 0. The molecule has 0 spiro atoms. The number of ketones is 7. The molecule has 20 heteroatoms. The van der Waals surface area contributed by atoms with Crippen LogP contribution < -0.4 is 0 Å². The van der Waals surface area contributed by atoms with E-state index < -0.39 is 118 Å². The third-order valence-corrected chi connectivity index (χ3v) is 7.27. The summed E-state index contributed by atoms with van der Waals surface area (Å²) in [4.78, 5) is 117. The van der Waals surface area contributed by atoms with Gasteiger partial charge in [0.2, 0.25) is 16.8 Å². The number of Topliss-reactive ketones (excluding diaryl/α,β-unsaturated/α-hetero) is 7. The van der Waals surface area contributed by atoms with Crippen LogP contribution in [0.15, 0.2) is 0 Å². The zero-order chi connectivity index (χ0) is 39.0. The number of aldehydes is 1. The average molecular weight is 697 g/mol. The minimum Gasteiger partial charge on any atom is -0.463 e. The Hall–Kier alpha value is -4.02. The summed E-state index contributed by atoms with van der Waals surface area (Å²) in [5.74, 6) is -12.7. The van der Waals surface area contributed by atoms with E-state index in [1.807, 2.05) is 0 Å². The van der Waals surface area contributed by atoms with Crippen LogP contribution in [-0.2, 0) is 57.4 Å². The first-order chi connectivity index (χ1) is 21.5. The van der Waals surface area contributed by atoms with E-state index >= 15 is 0 Å². The molecule has 0 fully saturated rings. The van der Waals surface area contributed by atoms with Crippen LogP contribution >= 0.6 is 0 Å². The summed E-state index contributed by atoms with van der Waals surface area (Å²) in [5, 5.41) is 80.5. The standard InChI is InChI=1S/2C14H20O10/c1-7(16)12(21,6-15)14(23,9(3)18)13(22,8(2)17)11(20)5-24-10(4)19;1-6(16)11(21)14(8(3)18,24-9(4)19)13(23,7(2)17)12(22)10(20)5-15/h6,11,20-23H,5H2,1-4H3;10,12,15,20,22-23H,5H2,1-4H3/t11-,12-,13+,14-;10-,12+,13+,14+/m11/s1. The van der Waals surface area contributed by atoms with Crippen molar-refractivity contribution in [3.8, 4) is 0 Å². The average Bonchev–Trinajstić information content (AvgIpc) is 2.98. The highest BCUT2D eigenvalue weighted by Gasteiger charge is 2.72. The highest BCUT2D eigenvalue weighted by atomic mass is 16.6. The predicted octanol–water partition coefficient (Wildman–Crippen LogP) is -5.86. The Morgan fingerprint density at radius 2 is 1.08 bits per heavy atom. The number of rotatable bonds is 18. The Bertz CT molecular complexity index is 1340. The zero-order valence-corrected chi connectivity index (χ0v) is 27.2. The first-order valence-corrected chi connectivity index (χ1v) is 13.5. The number of aliphatic hydroxyl groups excluding tert-OH is 4. The third kappa shape index (κ3) is 7.98. The second-order valence-electron chi connectivity index (χ2n) is 10.6. The fraction of sp³-hybridized carbons (Fsp3) is 0.643. The van der Waals surface area contributed by atoms with Gasteiger partial charge < -0.3 is 50.3 Å². The van der Waals surface area contributed by atoms with Crippen LogP contribution in [0.1, 0.15) is 55.4 Å². The predicted molar refractivity (Wildman–Crippen MR) is 151 cm³/mol. The summed E-state index contributed by atoms with van der Waals surface area (Å²) in [6, 6.07) is 0. The van der Waals surface area contributed by atoms with E-state index in [-0.39, 0.29) is 0 Å². The maximum absolute atomic E-state index is 12.3. The first-order valence-electron chi connectivity index (χ1n) is 13.5. The van der Waals surface area contributed by atoms with E-state index in [0.29, 0.717) is 41.5 Å². The van der Waals surface area contributed by atoms with E-state index in [1.54, 1.807) is 0 Å². The molecule has 0 rings (SSSR count). The van der Waals surface area contributed by atoms with E-state index in [2.05, 4.69) is 9.47 Å². The maximum atomic E-state index is 12.3. The van der Waals surface area contributed by atoms with Gasteiger partial charge in [0.15, 0.2) is 46.6 Å². The zero-order valence-electron chi connectivity index (χ0n) is 27.2. The van der Waals surface area contributed by atoms with Gasteiger partial charge in [-0.1, -0.05) is 0 Å². The lowest BCUT2D eigenvalue weighted by atomic mass is 9.63. The molecule has 0 aromatic heterocycles. The Morgan fingerprint density at radius 3 is 1.33 bits per heavy atom. The summed E-state index contributed by atoms with van der Waals surface area (Å²) < 4.78 is 8.99. The Morgan fingerprint density at radius 1 is 0.646 bits per heavy atom. The Kier molecular flexibility index (Phi) is 16.2. The molecule has 8 N–H and O–H groups in total. The number of hydrogen-bond donors (Lipinski definition) is 8. The van der Waals surface area contributed by atoms with Crippen molar-refractivity contribution in [3.63, 3.8) is 0 Å². The molecule has 48 heavy (non-hydrogen) atoms. The first kappa shape index (κ1) is 46.1. The molecule has 0 bridgehead atoms. The molecule has 0 radical (unpaired) electrons. The van der Waals surface area contributed by atoms with Crippen LogP contribution in [0.4, 0.5) is 0 Å².